The van der Waals surface area contributed by atoms with Crippen LogP contribution >= 0.6 is 0 Å². The summed E-state index contributed by atoms with van der Waals surface area (Å²) in [6.07, 6.45) is 1.13. The maximum absolute atomic E-state index is 11.6. The van der Waals surface area contributed by atoms with Crippen molar-refractivity contribution in [2.75, 3.05) is 38.5 Å². The highest BCUT2D eigenvalue weighted by Gasteiger charge is 2.04. The summed E-state index contributed by atoms with van der Waals surface area (Å²) < 4.78 is 5.37. The Labute approximate surface area is 121 Å². The first-order valence-corrected chi connectivity index (χ1v) is 7.13. The van der Waals surface area contributed by atoms with E-state index in [1.165, 1.54) is 0 Å². The Kier molecular flexibility index (Phi) is 7.50. The van der Waals surface area contributed by atoms with Crippen molar-refractivity contribution in [2.45, 2.75) is 20.3 Å². The van der Waals surface area contributed by atoms with Gasteiger partial charge in [-0.2, -0.15) is 0 Å². The summed E-state index contributed by atoms with van der Waals surface area (Å²) in [5.74, 6) is 0.501. The van der Waals surface area contributed by atoms with Crippen LogP contribution in [0, 0.1) is 0 Å². The third-order valence-electron chi connectivity index (χ3n) is 2.97. The lowest BCUT2D eigenvalue weighted by Gasteiger charge is -2.19. The highest BCUT2D eigenvalue weighted by atomic mass is 16.5. The molecule has 0 aromatic heterocycles. The van der Waals surface area contributed by atoms with Crippen molar-refractivity contribution < 1.29 is 9.53 Å². The number of hydrogen-bond donors (Lipinski definition) is 2. The number of benzene rings is 1. The molecule has 1 rings (SSSR count). The summed E-state index contributed by atoms with van der Waals surface area (Å²) >= 11 is 0. The van der Waals surface area contributed by atoms with Gasteiger partial charge in [0.1, 0.15) is 5.75 Å². The lowest BCUT2D eigenvalue weighted by molar-refractivity contribution is -0.123. The summed E-state index contributed by atoms with van der Waals surface area (Å²) in [6.45, 7) is 7.88. The highest BCUT2D eigenvalue weighted by molar-refractivity contribution is 5.77. The van der Waals surface area contributed by atoms with E-state index in [9.17, 15) is 4.79 Å². The lowest BCUT2D eigenvalue weighted by atomic mass is 10.3. The standard InChI is InChI=1S/C15H25N3O2/c1-3-9-18(4-2)10-8-17-15(19)12-20-14-7-5-6-13(16)11-14/h5-7,11H,3-4,8-10,12,16H2,1-2H3,(H,17,19). The van der Waals surface area contributed by atoms with E-state index in [0.29, 0.717) is 18.0 Å². The second kappa shape index (κ2) is 9.20. The summed E-state index contributed by atoms with van der Waals surface area (Å²) in [6, 6.07) is 7.06. The Balaban J connectivity index is 2.20. The highest BCUT2D eigenvalue weighted by Crippen LogP contribution is 2.13. The van der Waals surface area contributed by atoms with Crippen LogP contribution in [0.25, 0.3) is 0 Å². The van der Waals surface area contributed by atoms with Gasteiger partial charge in [-0.1, -0.05) is 19.9 Å². The molecule has 0 saturated heterocycles. The largest absolute Gasteiger partial charge is 0.484 e. The van der Waals surface area contributed by atoms with Gasteiger partial charge in [0.2, 0.25) is 0 Å². The summed E-state index contributed by atoms with van der Waals surface area (Å²) in [5.41, 5.74) is 6.26. The zero-order valence-corrected chi connectivity index (χ0v) is 12.4. The van der Waals surface area contributed by atoms with Crippen LogP contribution in [0.15, 0.2) is 24.3 Å². The minimum atomic E-state index is -0.111. The fourth-order valence-electron chi connectivity index (χ4n) is 1.90. The Morgan fingerprint density at radius 1 is 1.35 bits per heavy atom. The number of nitrogens with zero attached hydrogens (tertiary/aromatic N) is 1. The molecule has 0 fully saturated rings. The van der Waals surface area contributed by atoms with Crippen molar-refractivity contribution in [1.82, 2.24) is 10.2 Å². The smallest absolute Gasteiger partial charge is 0.257 e. The van der Waals surface area contributed by atoms with Crippen molar-refractivity contribution in [2.24, 2.45) is 0 Å². The number of likely N-dealkylation sites (N-methyl/N-ethyl adjacent to an activating group) is 1. The molecule has 1 amide bonds. The molecule has 0 atom stereocenters. The van der Waals surface area contributed by atoms with Gasteiger partial charge in [0.05, 0.1) is 0 Å². The number of nitrogen functional groups attached to an aromatic ring is 1. The van der Waals surface area contributed by atoms with Crippen molar-refractivity contribution in [3.63, 3.8) is 0 Å². The van der Waals surface area contributed by atoms with E-state index >= 15 is 0 Å². The average molecular weight is 279 g/mol. The molecule has 1 aromatic carbocycles. The monoisotopic (exact) mass is 279 g/mol. The second-order valence-corrected chi connectivity index (χ2v) is 4.65. The Morgan fingerprint density at radius 2 is 2.15 bits per heavy atom. The van der Waals surface area contributed by atoms with Crippen LogP contribution in [0.4, 0.5) is 5.69 Å². The van der Waals surface area contributed by atoms with Crippen LogP contribution in [-0.2, 0) is 4.79 Å². The normalized spacial score (nSPS) is 10.6. The quantitative estimate of drug-likeness (QED) is 0.672. The molecule has 5 nitrogen and oxygen atoms in total. The fourth-order valence-corrected chi connectivity index (χ4v) is 1.90. The van der Waals surface area contributed by atoms with Gasteiger partial charge in [-0.3, -0.25) is 4.79 Å². The summed E-state index contributed by atoms with van der Waals surface area (Å²) in [4.78, 5) is 13.9. The van der Waals surface area contributed by atoms with E-state index < -0.39 is 0 Å². The van der Waals surface area contributed by atoms with E-state index in [0.717, 1.165) is 26.1 Å². The molecule has 0 spiro atoms. The van der Waals surface area contributed by atoms with Crippen LogP contribution < -0.4 is 15.8 Å². The van der Waals surface area contributed by atoms with E-state index in [1.54, 1.807) is 24.3 Å². The van der Waals surface area contributed by atoms with Gasteiger partial charge in [-0.15, -0.1) is 0 Å². The minimum absolute atomic E-state index is 0.0172. The predicted octanol–water partition coefficient (Wildman–Crippen LogP) is 1.50. The average Bonchev–Trinajstić information content (AvgIpc) is 2.44. The van der Waals surface area contributed by atoms with Crippen LogP contribution in [0.2, 0.25) is 0 Å². The van der Waals surface area contributed by atoms with Crippen molar-refractivity contribution in [1.29, 1.82) is 0 Å². The third kappa shape index (κ3) is 6.43. The molecule has 112 valence electrons. The Morgan fingerprint density at radius 3 is 2.80 bits per heavy atom. The first-order valence-electron chi connectivity index (χ1n) is 7.13. The van der Waals surface area contributed by atoms with Crippen molar-refractivity contribution in [3.8, 4) is 5.75 Å². The van der Waals surface area contributed by atoms with E-state index in [2.05, 4.69) is 24.1 Å². The van der Waals surface area contributed by atoms with Crippen LogP contribution in [-0.4, -0.2) is 43.6 Å². The number of nitrogens with two attached hydrogens (primary N) is 1. The molecule has 0 aliphatic rings. The lowest BCUT2D eigenvalue weighted by Crippen LogP contribution is -2.37. The maximum Gasteiger partial charge on any atom is 0.257 e. The number of hydrogen-bond acceptors (Lipinski definition) is 4. The van der Waals surface area contributed by atoms with E-state index in [-0.39, 0.29) is 12.5 Å². The number of carbonyl (C=O) groups excluding carboxylic acids is 1. The summed E-state index contributed by atoms with van der Waals surface area (Å²) in [7, 11) is 0. The number of anilines is 1. The molecule has 0 aliphatic heterocycles. The van der Waals surface area contributed by atoms with Gasteiger partial charge >= 0.3 is 0 Å². The molecule has 0 radical (unpaired) electrons. The molecule has 3 N–H and O–H groups in total. The van der Waals surface area contributed by atoms with Gasteiger partial charge in [-0.25, -0.2) is 0 Å². The molecule has 0 saturated carbocycles. The number of rotatable bonds is 9. The van der Waals surface area contributed by atoms with E-state index in [1.807, 2.05) is 0 Å². The first kappa shape index (κ1) is 16.3. The van der Waals surface area contributed by atoms with Gasteiger partial charge < -0.3 is 20.7 Å². The van der Waals surface area contributed by atoms with Gasteiger partial charge in [0, 0.05) is 24.8 Å². The first-order chi connectivity index (χ1) is 9.65. The van der Waals surface area contributed by atoms with Gasteiger partial charge in [-0.05, 0) is 31.6 Å². The number of nitrogens with one attached hydrogen (secondary N) is 1. The Bertz CT molecular complexity index is 410. The van der Waals surface area contributed by atoms with Gasteiger partial charge in [0.25, 0.3) is 5.91 Å². The zero-order chi connectivity index (χ0) is 14.8. The van der Waals surface area contributed by atoms with Crippen LogP contribution in [0.5, 0.6) is 5.75 Å². The van der Waals surface area contributed by atoms with E-state index in [4.69, 9.17) is 10.5 Å². The van der Waals surface area contributed by atoms with Crippen LogP contribution in [0.1, 0.15) is 20.3 Å². The zero-order valence-electron chi connectivity index (χ0n) is 12.4. The Hall–Kier alpha value is -1.75. The molecular weight excluding hydrogens is 254 g/mol. The SMILES string of the molecule is CCCN(CC)CCNC(=O)COc1cccc(N)c1. The number of carbonyl (C=O) groups is 1. The molecule has 5 heteroatoms. The molecule has 0 heterocycles. The molecule has 1 aromatic rings. The van der Waals surface area contributed by atoms with Crippen molar-refractivity contribution in [3.05, 3.63) is 24.3 Å². The fraction of sp³-hybridized carbons (Fsp3) is 0.533. The topological polar surface area (TPSA) is 67.6 Å². The van der Waals surface area contributed by atoms with Gasteiger partial charge in [0.15, 0.2) is 6.61 Å². The molecule has 0 unspecified atom stereocenters. The maximum atomic E-state index is 11.6. The molecule has 20 heavy (non-hydrogen) atoms. The van der Waals surface area contributed by atoms with Crippen LogP contribution in [0.3, 0.4) is 0 Å². The number of ether oxygens (including phenoxy) is 1. The molecular formula is C15H25N3O2. The van der Waals surface area contributed by atoms with Crippen molar-refractivity contribution >= 4 is 11.6 Å². The second-order valence-electron chi connectivity index (χ2n) is 4.65. The third-order valence-corrected chi connectivity index (χ3v) is 2.97. The predicted molar refractivity (Wildman–Crippen MR) is 81.8 cm³/mol. The summed E-state index contributed by atoms with van der Waals surface area (Å²) in [5, 5.41) is 2.85. The molecule has 0 bridgehead atoms. The minimum Gasteiger partial charge on any atom is -0.484 e. The molecule has 0 aliphatic carbocycles. The number of amides is 1.